The minimum absolute atomic E-state index is 0.0502. The smallest absolute Gasteiger partial charge is 0.246 e. The number of benzene rings is 1. The molecule has 3 rings (SSSR count). The predicted molar refractivity (Wildman–Crippen MR) is 90.4 cm³/mol. The summed E-state index contributed by atoms with van der Waals surface area (Å²) in [5.74, 6) is 0.813. The first-order chi connectivity index (χ1) is 12.1. The third-order valence-corrected chi connectivity index (χ3v) is 4.43. The van der Waals surface area contributed by atoms with Crippen LogP contribution in [-0.2, 0) is 29.0 Å². The van der Waals surface area contributed by atoms with Gasteiger partial charge < -0.3 is 14.3 Å². The van der Waals surface area contributed by atoms with Crippen LogP contribution in [0.5, 0.6) is 0 Å². The second-order valence-electron chi connectivity index (χ2n) is 6.15. The van der Waals surface area contributed by atoms with Gasteiger partial charge in [0.25, 0.3) is 0 Å². The molecule has 1 atom stereocenters. The SMILES string of the molecule is CCc1noc(CN2C(=O)CN(CCc3ccccc3)C(=O)[C@H]2C)n1. The molecule has 0 spiro atoms. The lowest BCUT2D eigenvalue weighted by Crippen LogP contribution is -2.58. The minimum atomic E-state index is -0.533. The van der Waals surface area contributed by atoms with Crippen LogP contribution in [0.1, 0.15) is 31.1 Å². The van der Waals surface area contributed by atoms with Crippen LogP contribution in [0.4, 0.5) is 0 Å². The average Bonchev–Trinajstić information content (AvgIpc) is 3.09. The molecule has 1 aliphatic rings. The molecule has 0 saturated carbocycles. The molecule has 1 aromatic carbocycles. The van der Waals surface area contributed by atoms with Crippen LogP contribution in [0, 0.1) is 0 Å². The summed E-state index contributed by atoms with van der Waals surface area (Å²) < 4.78 is 5.14. The maximum atomic E-state index is 12.6. The molecule has 7 heteroatoms. The largest absolute Gasteiger partial charge is 0.337 e. The van der Waals surface area contributed by atoms with Gasteiger partial charge >= 0.3 is 0 Å². The Labute approximate surface area is 146 Å². The minimum Gasteiger partial charge on any atom is -0.337 e. The van der Waals surface area contributed by atoms with Crippen molar-refractivity contribution in [2.75, 3.05) is 13.1 Å². The first-order valence-electron chi connectivity index (χ1n) is 8.52. The molecule has 1 aliphatic heterocycles. The number of hydrogen-bond donors (Lipinski definition) is 0. The highest BCUT2D eigenvalue weighted by Gasteiger charge is 2.37. The van der Waals surface area contributed by atoms with E-state index in [-0.39, 0.29) is 24.9 Å². The van der Waals surface area contributed by atoms with Gasteiger partial charge in [-0.3, -0.25) is 9.59 Å². The maximum absolute atomic E-state index is 12.6. The molecule has 1 saturated heterocycles. The molecule has 0 N–H and O–H groups in total. The van der Waals surface area contributed by atoms with Crippen LogP contribution < -0.4 is 0 Å². The molecule has 25 heavy (non-hydrogen) atoms. The summed E-state index contributed by atoms with van der Waals surface area (Å²) >= 11 is 0. The average molecular weight is 342 g/mol. The summed E-state index contributed by atoms with van der Waals surface area (Å²) in [4.78, 5) is 32.5. The molecule has 1 aromatic heterocycles. The topological polar surface area (TPSA) is 79.5 Å². The zero-order valence-corrected chi connectivity index (χ0v) is 14.5. The second kappa shape index (κ2) is 7.46. The maximum Gasteiger partial charge on any atom is 0.246 e. The second-order valence-corrected chi connectivity index (χ2v) is 6.15. The first-order valence-corrected chi connectivity index (χ1v) is 8.52. The highest BCUT2D eigenvalue weighted by Crippen LogP contribution is 2.16. The Morgan fingerprint density at radius 2 is 2.00 bits per heavy atom. The van der Waals surface area contributed by atoms with E-state index >= 15 is 0 Å². The molecule has 2 aromatic rings. The molecule has 0 radical (unpaired) electrons. The zero-order chi connectivity index (χ0) is 17.8. The Morgan fingerprint density at radius 1 is 1.24 bits per heavy atom. The molecule has 132 valence electrons. The van der Waals surface area contributed by atoms with Crippen molar-refractivity contribution >= 4 is 11.8 Å². The van der Waals surface area contributed by atoms with Crippen LogP contribution in [-0.4, -0.2) is 50.9 Å². The van der Waals surface area contributed by atoms with Crippen molar-refractivity contribution in [3.05, 3.63) is 47.6 Å². The highest BCUT2D eigenvalue weighted by atomic mass is 16.5. The summed E-state index contributed by atoms with van der Waals surface area (Å²) in [6, 6.07) is 9.41. The molecule has 0 unspecified atom stereocenters. The molecule has 1 fully saturated rings. The van der Waals surface area contributed by atoms with Crippen LogP contribution in [0.3, 0.4) is 0 Å². The van der Waals surface area contributed by atoms with E-state index in [2.05, 4.69) is 10.1 Å². The zero-order valence-electron chi connectivity index (χ0n) is 14.5. The van der Waals surface area contributed by atoms with E-state index in [1.54, 1.807) is 11.8 Å². The van der Waals surface area contributed by atoms with Gasteiger partial charge in [-0.15, -0.1) is 0 Å². The Balaban J connectivity index is 1.62. The summed E-state index contributed by atoms with van der Waals surface area (Å²) in [6.07, 6.45) is 1.40. The number of nitrogens with zero attached hydrogens (tertiary/aromatic N) is 4. The van der Waals surface area contributed by atoms with Gasteiger partial charge in [0, 0.05) is 13.0 Å². The predicted octanol–water partition coefficient (Wildman–Crippen LogP) is 1.43. The fourth-order valence-corrected chi connectivity index (χ4v) is 2.91. The number of rotatable bonds is 6. The fraction of sp³-hybridized carbons (Fsp3) is 0.444. The number of amides is 2. The van der Waals surface area contributed by atoms with Gasteiger partial charge in [-0.25, -0.2) is 0 Å². The van der Waals surface area contributed by atoms with Gasteiger partial charge in [-0.1, -0.05) is 42.4 Å². The lowest BCUT2D eigenvalue weighted by atomic mass is 10.1. The first kappa shape index (κ1) is 17.1. The van der Waals surface area contributed by atoms with Crippen LogP contribution in [0.15, 0.2) is 34.9 Å². The van der Waals surface area contributed by atoms with Crippen molar-refractivity contribution in [1.82, 2.24) is 19.9 Å². The molecule has 0 aliphatic carbocycles. The number of carbonyl (C=O) groups excluding carboxylic acids is 2. The normalized spacial score (nSPS) is 18.1. The summed E-state index contributed by atoms with van der Waals surface area (Å²) in [5.41, 5.74) is 1.15. The van der Waals surface area contributed by atoms with Crippen molar-refractivity contribution in [2.45, 2.75) is 39.3 Å². The molecular formula is C18H22N4O3. The lowest BCUT2D eigenvalue weighted by Gasteiger charge is -2.38. The third-order valence-electron chi connectivity index (χ3n) is 4.43. The van der Waals surface area contributed by atoms with E-state index in [4.69, 9.17) is 4.52 Å². The van der Waals surface area contributed by atoms with Crippen LogP contribution in [0.25, 0.3) is 0 Å². The Hall–Kier alpha value is -2.70. The van der Waals surface area contributed by atoms with Crippen LogP contribution in [0.2, 0.25) is 0 Å². The van der Waals surface area contributed by atoms with Crippen molar-refractivity contribution in [3.63, 3.8) is 0 Å². The van der Waals surface area contributed by atoms with Crippen molar-refractivity contribution < 1.29 is 14.1 Å². The fourth-order valence-electron chi connectivity index (χ4n) is 2.91. The van der Waals surface area contributed by atoms with E-state index in [0.717, 1.165) is 12.0 Å². The Morgan fingerprint density at radius 3 is 2.68 bits per heavy atom. The van der Waals surface area contributed by atoms with E-state index < -0.39 is 6.04 Å². The summed E-state index contributed by atoms with van der Waals surface area (Å²) in [6.45, 7) is 4.47. The van der Waals surface area contributed by atoms with Gasteiger partial charge in [0.1, 0.15) is 12.6 Å². The van der Waals surface area contributed by atoms with E-state index in [9.17, 15) is 9.59 Å². The third kappa shape index (κ3) is 3.87. The monoisotopic (exact) mass is 342 g/mol. The molecule has 0 bridgehead atoms. The molecule has 2 amide bonds. The number of piperazine rings is 1. The summed E-state index contributed by atoms with van der Waals surface area (Å²) in [5, 5.41) is 3.83. The van der Waals surface area contributed by atoms with Crippen LogP contribution >= 0.6 is 0 Å². The Kier molecular flexibility index (Phi) is 5.11. The highest BCUT2D eigenvalue weighted by molar-refractivity contribution is 5.94. The molecule has 7 nitrogen and oxygen atoms in total. The van der Waals surface area contributed by atoms with E-state index in [1.807, 2.05) is 37.3 Å². The van der Waals surface area contributed by atoms with Crippen molar-refractivity contribution in [3.8, 4) is 0 Å². The van der Waals surface area contributed by atoms with Gasteiger partial charge in [0.2, 0.25) is 17.7 Å². The summed E-state index contributed by atoms with van der Waals surface area (Å²) in [7, 11) is 0. The number of hydrogen-bond acceptors (Lipinski definition) is 5. The van der Waals surface area contributed by atoms with Gasteiger partial charge in [0.05, 0.1) is 6.54 Å². The van der Waals surface area contributed by atoms with Gasteiger partial charge in [-0.2, -0.15) is 4.98 Å². The molecule has 2 heterocycles. The van der Waals surface area contributed by atoms with E-state index in [0.29, 0.717) is 24.7 Å². The molecular weight excluding hydrogens is 320 g/mol. The number of aryl methyl sites for hydroxylation is 1. The van der Waals surface area contributed by atoms with Crippen molar-refractivity contribution in [2.24, 2.45) is 0 Å². The van der Waals surface area contributed by atoms with Gasteiger partial charge in [0.15, 0.2) is 5.82 Å². The standard InChI is InChI=1S/C18H22N4O3/c1-3-15-19-16(25-20-15)11-22-13(2)18(24)21(12-17(22)23)10-9-14-7-5-4-6-8-14/h4-8,13H,3,9-12H2,1-2H3/t13-/m1/s1. The van der Waals surface area contributed by atoms with Gasteiger partial charge in [-0.05, 0) is 18.9 Å². The Bertz CT molecular complexity index is 744. The number of aromatic nitrogens is 2. The quantitative estimate of drug-likeness (QED) is 0.793. The lowest BCUT2D eigenvalue weighted by molar-refractivity contribution is -0.156. The van der Waals surface area contributed by atoms with Crippen molar-refractivity contribution in [1.29, 1.82) is 0 Å². The van der Waals surface area contributed by atoms with E-state index in [1.165, 1.54) is 4.90 Å². The number of carbonyl (C=O) groups is 2.